The fourth-order valence-electron chi connectivity index (χ4n) is 1.05. The first-order valence-corrected chi connectivity index (χ1v) is 5.31. The fraction of sp³-hybridized carbons (Fsp3) is 0.300. The summed E-state index contributed by atoms with van der Waals surface area (Å²) in [6.45, 7) is 4.00. The van der Waals surface area contributed by atoms with Gasteiger partial charge in [-0.25, -0.2) is 4.98 Å². The Morgan fingerprint density at radius 1 is 1.36 bits per heavy atom. The molecule has 0 bridgehead atoms. The minimum Gasteiger partial charge on any atom is -0.497 e. The number of anilines is 1. The van der Waals surface area contributed by atoms with Crippen LogP contribution in [0.1, 0.15) is 13.8 Å². The maximum absolute atomic E-state index is 5.55. The number of hydrogen-bond donors (Lipinski definition) is 1. The number of nitrogens with two attached hydrogens (primary N) is 1. The topological polar surface area (TPSA) is 48.1 Å². The molecule has 0 radical (unpaired) electrons. The number of nitrogen functional groups attached to an aromatic ring is 1. The average molecular weight is 210 g/mol. The average Bonchev–Trinajstić information content (AvgIpc) is 2.59. The summed E-state index contributed by atoms with van der Waals surface area (Å²) in [5.74, 6) is 0.839. The Labute approximate surface area is 87.5 Å². The highest BCUT2D eigenvalue weighted by Crippen LogP contribution is 2.26. The number of nitrogens with zero attached hydrogens (tertiary/aromatic N) is 1. The van der Waals surface area contributed by atoms with E-state index in [1.54, 1.807) is 7.11 Å². The monoisotopic (exact) mass is 210 g/mol. The van der Waals surface area contributed by atoms with Gasteiger partial charge in [-0.3, -0.25) is 0 Å². The van der Waals surface area contributed by atoms with Crippen molar-refractivity contribution in [3.05, 3.63) is 18.2 Å². The third-order valence-electron chi connectivity index (χ3n) is 1.61. The summed E-state index contributed by atoms with van der Waals surface area (Å²) in [5, 5.41) is 0.596. The van der Waals surface area contributed by atoms with Gasteiger partial charge in [0.2, 0.25) is 0 Å². The van der Waals surface area contributed by atoms with Crippen molar-refractivity contribution < 1.29 is 4.74 Å². The molecular weight excluding hydrogens is 196 g/mol. The summed E-state index contributed by atoms with van der Waals surface area (Å²) in [6, 6.07) is 5.71. The van der Waals surface area contributed by atoms with Crippen LogP contribution in [0.3, 0.4) is 0 Å². The van der Waals surface area contributed by atoms with E-state index in [0.717, 1.165) is 16.0 Å². The van der Waals surface area contributed by atoms with Crippen LogP contribution in [0.15, 0.2) is 18.2 Å². The second-order valence-electron chi connectivity index (χ2n) is 2.39. The van der Waals surface area contributed by atoms with Gasteiger partial charge in [-0.15, -0.1) is 0 Å². The smallest absolute Gasteiger partial charge is 0.181 e. The zero-order valence-corrected chi connectivity index (χ0v) is 9.39. The molecule has 2 aromatic rings. The van der Waals surface area contributed by atoms with Crippen molar-refractivity contribution in [2.75, 3.05) is 12.8 Å². The molecule has 2 rings (SSSR count). The van der Waals surface area contributed by atoms with Gasteiger partial charge in [0.1, 0.15) is 5.75 Å². The Morgan fingerprint density at radius 2 is 2.07 bits per heavy atom. The number of benzene rings is 1. The van der Waals surface area contributed by atoms with E-state index in [1.807, 2.05) is 32.0 Å². The van der Waals surface area contributed by atoms with Crippen molar-refractivity contribution in [2.45, 2.75) is 13.8 Å². The first kappa shape index (κ1) is 10.8. The lowest BCUT2D eigenvalue weighted by Crippen LogP contribution is -1.81. The minimum absolute atomic E-state index is 0.596. The summed E-state index contributed by atoms with van der Waals surface area (Å²) in [4.78, 5) is 4.13. The molecule has 0 fully saturated rings. The molecule has 0 aliphatic heterocycles. The predicted molar refractivity (Wildman–Crippen MR) is 61.9 cm³/mol. The molecule has 1 aromatic carbocycles. The van der Waals surface area contributed by atoms with Gasteiger partial charge in [0.05, 0.1) is 17.3 Å². The first-order chi connectivity index (χ1) is 6.79. The van der Waals surface area contributed by atoms with E-state index >= 15 is 0 Å². The van der Waals surface area contributed by atoms with Crippen LogP contribution in [0, 0.1) is 0 Å². The van der Waals surface area contributed by atoms with Crippen LogP contribution in [0.4, 0.5) is 5.13 Å². The van der Waals surface area contributed by atoms with E-state index in [1.165, 1.54) is 11.3 Å². The van der Waals surface area contributed by atoms with Crippen LogP contribution < -0.4 is 10.5 Å². The highest BCUT2D eigenvalue weighted by atomic mass is 32.1. The highest BCUT2D eigenvalue weighted by molar-refractivity contribution is 7.22. The van der Waals surface area contributed by atoms with E-state index in [4.69, 9.17) is 10.5 Å². The number of fused-ring (bicyclic) bond motifs is 1. The second-order valence-corrected chi connectivity index (χ2v) is 3.45. The van der Waals surface area contributed by atoms with Gasteiger partial charge in [0, 0.05) is 0 Å². The lowest BCUT2D eigenvalue weighted by atomic mass is 10.3. The highest BCUT2D eigenvalue weighted by Gasteiger charge is 2.00. The van der Waals surface area contributed by atoms with Gasteiger partial charge in [0.25, 0.3) is 0 Å². The van der Waals surface area contributed by atoms with E-state index < -0.39 is 0 Å². The molecule has 2 N–H and O–H groups in total. The van der Waals surface area contributed by atoms with Crippen molar-refractivity contribution in [1.82, 2.24) is 4.98 Å². The van der Waals surface area contributed by atoms with Gasteiger partial charge in [-0.05, 0) is 18.2 Å². The Balaban J connectivity index is 0.000000461. The number of aromatic nitrogens is 1. The van der Waals surface area contributed by atoms with Gasteiger partial charge >= 0.3 is 0 Å². The summed E-state index contributed by atoms with van der Waals surface area (Å²) < 4.78 is 6.13. The summed E-state index contributed by atoms with van der Waals surface area (Å²) >= 11 is 1.47. The molecule has 0 atom stereocenters. The molecule has 4 heteroatoms. The minimum atomic E-state index is 0.596. The van der Waals surface area contributed by atoms with Crippen molar-refractivity contribution in [2.24, 2.45) is 0 Å². The van der Waals surface area contributed by atoms with Crippen molar-refractivity contribution in [3.63, 3.8) is 0 Å². The quantitative estimate of drug-likeness (QED) is 0.787. The molecule has 0 aliphatic rings. The summed E-state index contributed by atoms with van der Waals surface area (Å²) in [5.41, 5.74) is 6.48. The van der Waals surface area contributed by atoms with Crippen LogP contribution in [0.25, 0.3) is 10.2 Å². The van der Waals surface area contributed by atoms with Gasteiger partial charge in [-0.2, -0.15) is 0 Å². The molecule has 14 heavy (non-hydrogen) atoms. The maximum Gasteiger partial charge on any atom is 0.181 e. The maximum atomic E-state index is 5.55. The Hall–Kier alpha value is -1.29. The summed E-state index contributed by atoms with van der Waals surface area (Å²) in [7, 11) is 1.64. The number of thiazole rings is 1. The number of methoxy groups -OCH3 is 1. The van der Waals surface area contributed by atoms with Gasteiger partial charge in [0.15, 0.2) is 5.13 Å². The Bertz CT molecular complexity index is 411. The standard InChI is InChI=1S/C8H8N2OS.C2H6/c1-11-5-2-3-6-7(4-5)12-8(9)10-6;1-2/h2-4H,1H3,(H2,9,10);1-2H3. The molecule has 0 aliphatic carbocycles. The van der Waals surface area contributed by atoms with Crippen molar-refractivity contribution >= 4 is 26.7 Å². The normalized spacial score (nSPS) is 9.36. The zero-order valence-electron chi connectivity index (χ0n) is 8.57. The van der Waals surface area contributed by atoms with Crippen molar-refractivity contribution in [1.29, 1.82) is 0 Å². The third kappa shape index (κ3) is 2.14. The number of hydrogen-bond acceptors (Lipinski definition) is 4. The van der Waals surface area contributed by atoms with Crippen LogP contribution in [0.2, 0.25) is 0 Å². The Morgan fingerprint density at radius 3 is 2.71 bits per heavy atom. The largest absolute Gasteiger partial charge is 0.497 e. The van der Waals surface area contributed by atoms with Crippen LogP contribution in [-0.2, 0) is 0 Å². The molecular formula is C10H14N2OS. The van der Waals surface area contributed by atoms with Gasteiger partial charge < -0.3 is 10.5 Å². The second kappa shape index (κ2) is 4.81. The predicted octanol–water partition coefficient (Wildman–Crippen LogP) is 2.91. The lowest BCUT2D eigenvalue weighted by Gasteiger charge is -1.96. The molecule has 1 aromatic heterocycles. The number of ether oxygens (including phenoxy) is 1. The lowest BCUT2D eigenvalue weighted by molar-refractivity contribution is 0.415. The van der Waals surface area contributed by atoms with Crippen LogP contribution in [-0.4, -0.2) is 12.1 Å². The molecule has 76 valence electrons. The van der Waals surface area contributed by atoms with E-state index in [0.29, 0.717) is 5.13 Å². The van der Waals surface area contributed by atoms with Crippen LogP contribution >= 0.6 is 11.3 Å². The molecule has 0 saturated carbocycles. The Kier molecular flexibility index (Phi) is 3.71. The molecule has 0 amide bonds. The molecule has 0 spiro atoms. The molecule has 1 heterocycles. The van der Waals surface area contributed by atoms with E-state index in [9.17, 15) is 0 Å². The number of rotatable bonds is 1. The molecule has 3 nitrogen and oxygen atoms in total. The molecule has 0 saturated heterocycles. The van der Waals surface area contributed by atoms with E-state index in [2.05, 4.69) is 4.98 Å². The SMILES string of the molecule is CC.COc1ccc2nc(N)sc2c1. The summed E-state index contributed by atoms with van der Waals surface area (Å²) in [6.07, 6.45) is 0. The van der Waals surface area contributed by atoms with Crippen LogP contribution in [0.5, 0.6) is 5.75 Å². The zero-order chi connectivity index (χ0) is 10.6. The first-order valence-electron chi connectivity index (χ1n) is 4.49. The molecule has 0 unspecified atom stereocenters. The van der Waals surface area contributed by atoms with Crippen molar-refractivity contribution in [3.8, 4) is 5.75 Å². The third-order valence-corrected chi connectivity index (χ3v) is 2.46. The van der Waals surface area contributed by atoms with E-state index in [-0.39, 0.29) is 0 Å². The fourth-order valence-corrected chi connectivity index (χ4v) is 1.81. The van der Waals surface area contributed by atoms with Gasteiger partial charge in [-0.1, -0.05) is 25.2 Å².